The first kappa shape index (κ1) is 22.1. The summed E-state index contributed by atoms with van der Waals surface area (Å²) < 4.78 is 38.0. The maximum atomic E-state index is 13.2. The van der Waals surface area contributed by atoms with Crippen LogP contribution >= 0.6 is 0 Å². The molecule has 9 nitrogen and oxygen atoms in total. The molecule has 0 aliphatic carbocycles. The number of hydrogen-bond acceptors (Lipinski definition) is 6. The van der Waals surface area contributed by atoms with Gasteiger partial charge in [0.15, 0.2) is 11.5 Å². The van der Waals surface area contributed by atoms with Crippen LogP contribution in [-0.2, 0) is 19.6 Å². The highest BCUT2D eigenvalue weighted by Gasteiger charge is 2.36. The van der Waals surface area contributed by atoms with E-state index in [2.05, 4.69) is 5.32 Å². The van der Waals surface area contributed by atoms with Gasteiger partial charge in [-0.3, -0.25) is 9.59 Å². The number of nitrogens with zero attached hydrogens (tertiary/aromatic N) is 2. The zero-order valence-corrected chi connectivity index (χ0v) is 18.7. The Morgan fingerprint density at radius 3 is 2.41 bits per heavy atom. The van der Waals surface area contributed by atoms with Gasteiger partial charge in [0.1, 0.15) is 6.54 Å². The fraction of sp³-hybridized carbons (Fsp3) is 0.364. The average molecular weight is 460 g/mol. The van der Waals surface area contributed by atoms with Gasteiger partial charge in [0.2, 0.25) is 21.8 Å². The normalized spacial score (nSPS) is 17.4. The van der Waals surface area contributed by atoms with Crippen LogP contribution in [0.4, 0.5) is 11.4 Å². The first-order valence-corrected chi connectivity index (χ1v) is 11.7. The highest BCUT2D eigenvalue weighted by Crippen LogP contribution is 2.34. The Kier molecular flexibility index (Phi) is 6.07. The Labute approximate surface area is 187 Å². The molecule has 4 rings (SSSR count). The van der Waals surface area contributed by atoms with Gasteiger partial charge < -0.3 is 19.7 Å². The zero-order valence-electron chi connectivity index (χ0n) is 17.9. The minimum absolute atomic E-state index is 0.0417. The van der Waals surface area contributed by atoms with Gasteiger partial charge in [-0.2, -0.15) is 4.31 Å². The Bertz CT molecular complexity index is 1140. The van der Waals surface area contributed by atoms with Gasteiger partial charge >= 0.3 is 0 Å². The molecule has 2 aromatic rings. The lowest BCUT2D eigenvalue weighted by atomic mass is 9.95. The van der Waals surface area contributed by atoms with Crippen LogP contribution in [0.5, 0.6) is 11.5 Å². The SMILES string of the molecule is COc1ccc(S(=O)(=O)N2CCC(C(=O)N3CC(=O)Nc4ccccc43)CC2)cc1OC. The van der Waals surface area contributed by atoms with E-state index in [0.29, 0.717) is 35.7 Å². The van der Waals surface area contributed by atoms with Crippen molar-refractivity contribution >= 4 is 33.2 Å². The fourth-order valence-electron chi connectivity index (χ4n) is 4.12. The van der Waals surface area contributed by atoms with E-state index in [0.717, 1.165) is 0 Å². The number of rotatable bonds is 5. The van der Waals surface area contributed by atoms with Crippen LogP contribution in [0.15, 0.2) is 47.4 Å². The first-order valence-electron chi connectivity index (χ1n) is 10.3. The highest BCUT2D eigenvalue weighted by molar-refractivity contribution is 7.89. The minimum atomic E-state index is -3.74. The molecule has 10 heteroatoms. The van der Waals surface area contributed by atoms with E-state index in [-0.39, 0.29) is 42.3 Å². The zero-order chi connectivity index (χ0) is 22.9. The minimum Gasteiger partial charge on any atom is -0.493 e. The monoisotopic (exact) mass is 459 g/mol. The van der Waals surface area contributed by atoms with Crippen molar-refractivity contribution in [3.63, 3.8) is 0 Å². The largest absolute Gasteiger partial charge is 0.493 e. The second-order valence-corrected chi connectivity index (χ2v) is 9.62. The van der Waals surface area contributed by atoms with Gasteiger partial charge in [-0.05, 0) is 37.1 Å². The van der Waals surface area contributed by atoms with E-state index in [1.807, 2.05) is 6.07 Å². The van der Waals surface area contributed by atoms with Crippen LogP contribution in [0.3, 0.4) is 0 Å². The molecule has 0 spiro atoms. The molecule has 1 N–H and O–H groups in total. The molecule has 2 aliphatic rings. The molecule has 2 aromatic carbocycles. The van der Waals surface area contributed by atoms with Crippen molar-refractivity contribution in [2.24, 2.45) is 5.92 Å². The summed E-state index contributed by atoms with van der Waals surface area (Å²) in [4.78, 5) is 26.8. The Morgan fingerprint density at radius 2 is 1.72 bits per heavy atom. The van der Waals surface area contributed by atoms with Gasteiger partial charge in [-0.25, -0.2) is 8.42 Å². The van der Waals surface area contributed by atoms with E-state index in [4.69, 9.17) is 9.47 Å². The molecule has 2 amide bonds. The lowest BCUT2D eigenvalue weighted by Crippen LogP contribution is -2.48. The van der Waals surface area contributed by atoms with Crippen molar-refractivity contribution < 1.29 is 27.5 Å². The number of piperidine rings is 1. The predicted molar refractivity (Wildman–Crippen MR) is 118 cm³/mol. The quantitative estimate of drug-likeness (QED) is 0.734. The number of carbonyl (C=O) groups is 2. The van der Waals surface area contributed by atoms with E-state index in [9.17, 15) is 18.0 Å². The van der Waals surface area contributed by atoms with Gasteiger partial charge in [-0.1, -0.05) is 12.1 Å². The summed E-state index contributed by atoms with van der Waals surface area (Å²) in [6, 6.07) is 11.6. The summed E-state index contributed by atoms with van der Waals surface area (Å²) in [5, 5.41) is 2.77. The Hall–Kier alpha value is -3.11. The number of anilines is 2. The standard InChI is InChI=1S/C22H25N3O6S/c1-30-19-8-7-16(13-20(19)31-2)32(28,29)24-11-9-15(10-12-24)22(27)25-14-21(26)23-17-5-3-4-6-18(17)25/h3-8,13,15H,9-12,14H2,1-2H3,(H,23,26). The van der Waals surface area contributed by atoms with Crippen LogP contribution < -0.4 is 19.7 Å². The molecule has 0 saturated carbocycles. The smallest absolute Gasteiger partial charge is 0.244 e. The molecule has 0 unspecified atom stereocenters. The molecule has 0 bridgehead atoms. The van der Waals surface area contributed by atoms with E-state index in [1.54, 1.807) is 24.3 Å². The van der Waals surface area contributed by atoms with Crippen LogP contribution in [0.2, 0.25) is 0 Å². The van der Waals surface area contributed by atoms with Crippen molar-refractivity contribution in [3.05, 3.63) is 42.5 Å². The maximum absolute atomic E-state index is 13.2. The first-order chi connectivity index (χ1) is 15.3. The third-order valence-electron chi connectivity index (χ3n) is 5.83. The van der Waals surface area contributed by atoms with Gasteiger partial charge in [0.25, 0.3) is 0 Å². The van der Waals surface area contributed by atoms with Crippen LogP contribution in [0.25, 0.3) is 0 Å². The summed E-state index contributed by atoms with van der Waals surface area (Å²) in [7, 11) is -0.809. The van der Waals surface area contributed by atoms with E-state index < -0.39 is 10.0 Å². The number of amides is 2. The number of hydrogen-bond donors (Lipinski definition) is 1. The Morgan fingerprint density at radius 1 is 1.03 bits per heavy atom. The summed E-state index contributed by atoms with van der Waals surface area (Å²) in [6.07, 6.45) is 0.761. The van der Waals surface area contributed by atoms with Crippen LogP contribution in [-0.4, -0.2) is 58.4 Å². The number of carbonyl (C=O) groups excluding carboxylic acids is 2. The second-order valence-electron chi connectivity index (χ2n) is 7.68. The van der Waals surface area contributed by atoms with Gasteiger partial charge in [0.05, 0.1) is 30.5 Å². The van der Waals surface area contributed by atoms with Gasteiger partial charge in [-0.15, -0.1) is 0 Å². The lowest BCUT2D eigenvalue weighted by molar-refractivity contribution is -0.125. The molecule has 1 saturated heterocycles. The highest BCUT2D eigenvalue weighted by atomic mass is 32.2. The van der Waals surface area contributed by atoms with E-state index >= 15 is 0 Å². The topological polar surface area (TPSA) is 105 Å². The van der Waals surface area contributed by atoms with Crippen molar-refractivity contribution in [2.75, 3.05) is 44.1 Å². The number of benzene rings is 2. The summed E-state index contributed by atoms with van der Waals surface area (Å²) >= 11 is 0. The summed E-state index contributed by atoms with van der Waals surface area (Å²) in [5.74, 6) is 0.0223. The number of para-hydroxylation sites is 2. The van der Waals surface area contributed by atoms with Crippen LogP contribution in [0, 0.1) is 5.92 Å². The average Bonchev–Trinajstić information content (AvgIpc) is 2.82. The van der Waals surface area contributed by atoms with Crippen molar-refractivity contribution in [1.82, 2.24) is 4.31 Å². The molecule has 0 aromatic heterocycles. The Balaban J connectivity index is 1.47. The van der Waals surface area contributed by atoms with Gasteiger partial charge in [0, 0.05) is 25.1 Å². The summed E-state index contributed by atoms with van der Waals surface area (Å²) in [5.41, 5.74) is 1.27. The molecule has 0 atom stereocenters. The summed E-state index contributed by atoms with van der Waals surface area (Å²) in [6.45, 7) is 0.392. The molecule has 2 heterocycles. The molecule has 2 aliphatic heterocycles. The van der Waals surface area contributed by atoms with Crippen molar-refractivity contribution in [3.8, 4) is 11.5 Å². The van der Waals surface area contributed by atoms with Crippen LogP contribution in [0.1, 0.15) is 12.8 Å². The number of sulfonamides is 1. The maximum Gasteiger partial charge on any atom is 0.244 e. The number of methoxy groups -OCH3 is 2. The molecule has 32 heavy (non-hydrogen) atoms. The molecule has 1 fully saturated rings. The molecule has 0 radical (unpaired) electrons. The molecule has 170 valence electrons. The van der Waals surface area contributed by atoms with E-state index in [1.165, 1.54) is 35.6 Å². The van der Waals surface area contributed by atoms with Crippen molar-refractivity contribution in [2.45, 2.75) is 17.7 Å². The van der Waals surface area contributed by atoms with Crippen molar-refractivity contribution in [1.29, 1.82) is 0 Å². The number of nitrogens with one attached hydrogen (secondary N) is 1. The molecular weight excluding hydrogens is 434 g/mol. The third-order valence-corrected chi connectivity index (χ3v) is 7.73. The number of fused-ring (bicyclic) bond motifs is 1. The molecular formula is C22H25N3O6S. The lowest BCUT2D eigenvalue weighted by Gasteiger charge is -2.35. The number of ether oxygens (including phenoxy) is 2. The predicted octanol–water partition coefficient (Wildman–Crippen LogP) is 2.09. The third kappa shape index (κ3) is 4.03. The fourth-order valence-corrected chi connectivity index (χ4v) is 5.61. The second kappa shape index (κ2) is 8.79.